The molecule has 9 heteroatoms. The van der Waals surface area contributed by atoms with Gasteiger partial charge in [0.25, 0.3) is 0 Å². The minimum Gasteiger partial charge on any atom is -0.391 e. The number of likely N-dealkylation sites (N-methyl/N-ethyl adjacent to an activating group) is 1. The molecular weight excluding hydrogens is 792 g/mol. The van der Waals surface area contributed by atoms with E-state index in [2.05, 4.69) is 19.2 Å². The lowest BCUT2D eigenvalue weighted by atomic mass is 10.0. The van der Waals surface area contributed by atoms with Gasteiger partial charge in [0.1, 0.15) is 13.2 Å². The lowest BCUT2D eigenvalue weighted by Gasteiger charge is -2.26. The zero-order valence-corrected chi connectivity index (χ0v) is 43.3. The van der Waals surface area contributed by atoms with Gasteiger partial charge in [-0.25, -0.2) is 4.57 Å². The highest BCUT2D eigenvalue weighted by Crippen LogP contribution is 2.43. The Kier molecular flexibility index (Phi) is 45.3. The van der Waals surface area contributed by atoms with Crippen molar-refractivity contribution in [3.63, 3.8) is 0 Å². The number of amides is 1. The summed E-state index contributed by atoms with van der Waals surface area (Å²) in [6, 6.07) is -0.754. The molecule has 0 fully saturated rings. The Labute approximate surface area is 387 Å². The van der Waals surface area contributed by atoms with Crippen molar-refractivity contribution < 1.29 is 32.9 Å². The number of phosphoric acid groups is 1. The average Bonchev–Trinajstić information content (AvgIpc) is 3.23. The molecule has 0 spiro atoms. The number of aliphatic hydroxyl groups is 1. The van der Waals surface area contributed by atoms with Gasteiger partial charge in [0.15, 0.2) is 0 Å². The zero-order chi connectivity index (χ0) is 45.7. The number of rotatable bonds is 51. The van der Waals surface area contributed by atoms with E-state index < -0.39 is 20.0 Å². The van der Waals surface area contributed by atoms with Crippen LogP contribution in [0.25, 0.3) is 0 Å². The SMILES string of the molecule is CCCCCCCCCCCCCCCCCCCCCCCCCCCCC(=O)N[C@@H](COP(=O)(O)OCC[N+](C)(C)C)[C@H](O)CCCCCCCCCCCCCCCC. The molecule has 0 bridgehead atoms. The first-order chi connectivity index (χ1) is 30.0. The molecule has 0 saturated carbocycles. The van der Waals surface area contributed by atoms with Crippen LogP contribution in [0.4, 0.5) is 0 Å². The van der Waals surface area contributed by atoms with Crippen LogP contribution < -0.4 is 5.32 Å². The standard InChI is InChI=1S/C53H109N2O6P/c1-6-8-10-12-14-16-18-20-22-23-24-25-26-27-28-29-30-31-32-33-35-37-39-41-43-45-47-53(57)54-51(50-61-62(58,59)60-49-48-55(3,4)5)52(56)46-44-42-40-38-36-34-21-19-17-15-13-11-9-7-2/h51-52,56H,6-50H2,1-5H3,(H-,54,57,58,59)/p+1/t51-,52+/m0/s1. The van der Waals surface area contributed by atoms with Gasteiger partial charge in [0.2, 0.25) is 5.91 Å². The van der Waals surface area contributed by atoms with Crippen LogP contribution in [0.3, 0.4) is 0 Å². The van der Waals surface area contributed by atoms with Gasteiger partial charge in [-0.2, -0.15) is 0 Å². The summed E-state index contributed by atoms with van der Waals surface area (Å²) < 4.78 is 23.7. The molecule has 372 valence electrons. The van der Waals surface area contributed by atoms with E-state index in [1.54, 1.807) is 0 Å². The first kappa shape index (κ1) is 61.5. The second kappa shape index (κ2) is 45.6. The van der Waals surface area contributed by atoms with Gasteiger partial charge in [-0.1, -0.05) is 264 Å². The van der Waals surface area contributed by atoms with Gasteiger partial charge in [0, 0.05) is 6.42 Å². The van der Waals surface area contributed by atoms with E-state index in [1.807, 2.05) is 21.1 Å². The van der Waals surface area contributed by atoms with Gasteiger partial charge in [-0.05, 0) is 12.8 Å². The Balaban J connectivity index is 4.07. The van der Waals surface area contributed by atoms with Crippen molar-refractivity contribution in [1.29, 1.82) is 0 Å². The third-order valence-electron chi connectivity index (χ3n) is 12.9. The van der Waals surface area contributed by atoms with Crippen molar-refractivity contribution in [3.05, 3.63) is 0 Å². The molecule has 0 aliphatic heterocycles. The molecule has 0 aliphatic carbocycles. The van der Waals surface area contributed by atoms with Gasteiger partial charge in [-0.15, -0.1) is 0 Å². The highest BCUT2D eigenvalue weighted by molar-refractivity contribution is 7.47. The van der Waals surface area contributed by atoms with E-state index in [9.17, 15) is 19.4 Å². The summed E-state index contributed by atoms with van der Waals surface area (Å²) in [6.07, 6.45) is 53.0. The molecule has 8 nitrogen and oxygen atoms in total. The summed E-state index contributed by atoms with van der Waals surface area (Å²) in [5.74, 6) is -0.137. The summed E-state index contributed by atoms with van der Waals surface area (Å²) in [5.41, 5.74) is 0. The largest absolute Gasteiger partial charge is 0.472 e. The monoisotopic (exact) mass is 902 g/mol. The van der Waals surface area contributed by atoms with Crippen molar-refractivity contribution in [2.24, 2.45) is 0 Å². The normalized spacial score (nSPS) is 14.0. The predicted molar refractivity (Wildman–Crippen MR) is 268 cm³/mol. The fourth-order valence-electron chi connectivity index (χ4n) is 8.52. The second-order valence-corrected chi connectivity index (χ2v) is 21.8. The van der Waals surface area contributed by atoms with E-state index in [4.69, 9.17) is 9.05 Å². The van der Waals surface area contributed by atoms with Crippen molar-refractivity contribution in [2.45, 2.75) is 296 Å². The molecule has 62 heavy (non-hydrogen) atoms. The van der Waals surface area contributed by atoms with Crippen LogP contribution in [0.15, 0.2) is 0 Å². The number of nitrogens with one attached hydrogen (secondary N) is 1. The lowest BCUT2D eigenvalue weighted by molar-refractivity contribution is -0.870. The number of quaternary nitrogens is 1. The summed E-state index contributed by atoms with van der Waals surface area (Å²) in [5, 5.41) is 14.0. The third kappa shape index (κ3) is 47.5. The van der Waals surface area contributed by atoms with Crippen molar-refractivity contribution >= 4 is 13.7 Å². The fraction of sp³-hybridized carbons (Fsp3) is 0.981. The summed E-state index contributed by atoms with van der Waals surface area (Å²) >= 11 is 0. The van der Waals surface area contributed by atoms with Crippen molar-refractivity contribution in [3.8, 4) is 0 Å². The predicted octanol–water partition coefficient (Wildman–Crippen LogP) is 16.1. The number of carbonyl (C=O) groups is 1. The van der Waals surface area contributed by atoms with Gasteiger partial charge < -0.3 is 19.8 Å². The van der Waals surface area contributed by atoms with Crippen LogP contribution in [0, 0.1) is 0 Å². The topological polar surface area (TPSA) is 105 Å². The summed E-state index contributed by atoms with van der Waals surface area (Å²) in [6.45, 7) is 4.93. The van der Waals surface area contributed by atoms with E-state index in [1.165, 1.54) is 218 Å². The number of unbranched alkanes of at least 4 members (excludes halogenated alkanes) is 38. The molecule has 0 aromatic rings. The van der Waals surface area contributed by atoms with Crippen molar-refractivity contribution in [2.75, 3.05) is 40.9 Å². The van der Waals surface area contributed by atoms with E-state index >= 15 is 0 Å². The van der Waals surface area contributed by atoms with E-state index in [0.29, 0.717) is 23.9 Å². The molecule has 0 rings (SSSR count). The summed E-state index contributed by atoms with van der Waals surface area (Å²) in [7, 11) is 1.63. The van der Waals surface area contributed by atoms with E-state index in [0.717, 1.165) is 38.5 Å². The molecule has 0 radical (unpaired) electrons. The van der Waals surface area contributed by atoms with Crippen LogP contribution in [0.5, 0.6) is 0 Å². The molecule has 0 saturated heterocycles. The smallest absolute Gasteiger partial charge is 0.391 e. The van der Waals surface area contributed by atoms with Crippen LogP contribution in [0.2, 0.25) is 0 Å². The maximum atomic E-state index is 13.0. The molecule has 0 heterocycles. The van der Waals surface area contributed by atoms with Gasteiger partial charge in [0.05, 0.1) is 39.9 Å². The number of aliphatic hydroxyl groups excluding tert-OH is 1. The molecule has 0 aromatic heterocycles. The molecule has 0 aliphatic rings. The molecular formula is C53H110N2O6P+. The molecule has 3 atom stereocenters. The zero-order valence-electron chi connectivity index (χ0n) is 42.4. The highest BCUT2D eigenvalue weighted by atomic mass is 31.2. The van der Waals surface area contributed by atoms with Crippen LogP contribution in [-0.2, 0) is 18.4 Å². The average molecular weight is 902 g/mol. The molecule has 0 aromatic carbocycles. The highest BCUT2D eigenvalue weighted by Gasteiger charge is 2.28. The number of hydrogen-bond donors (Lipinski definition) is 3. The Bertz CT molecular complexity index is 978. The maximum Gasteiger partial charge on any atom is 0.472 e. The third-order valence-corrected chi connectivity index (χ3v) is 13.8. The Morgan fingerprint density at radius 1 is 0.484 bits per heavy atom. The van der Waals surface area contributed by atoms with Gasteiger partial charge >= 0.3 is 7.82 Å². The first-order valence-electron chi connectivity index (χ1n) is 27.4. The quantitative estimate of drug-likeness (QED) is 0.0319. The Morgan fingerprint density at radius 2 is 0.774 bits per heavy atom. The van der Waals surface area contributed by atoms with Crippen molar-refractivity contribution in [1.82, 2.24) is 5.32 Å². The lowest BCUT2D eigenvalue weighted by Crippen LogP contribution is -2.46. The Morgan fingerprint density at radius 3 is 1.08 bits per heavy atom. The van der Waals surface area contributed by atoms with Crippen LogP contribution in [-0.4, -0.2) is 73.4 Å². The van der Waals surface area contributed by atoms with Crippen LogP contribution >= 0.6 is 7.82 Å². The number of hydrogen-bond acceptors (Lipinski definition) is 5. The van der Waals surface area contributed by atoms with E-state index in [-0.39, 0.29) is 19.1 Å². The minimum absolute atomic E-state index is 0.0789. The number of nitrogens with zero attached hydrogens (tertiary/aromatic N) is 1. The minimum atomic E-state index is -4.31. The number of carbonyl (C=O) groups excluding carboxylic acids is 1. The fourth-order valence-corrected chi connectivity index (χ4v) is 9.26. The first-order valence-corrected chi connectivity index (χ1v) is 28.9. The summed E-state index contributed by atoms with van der Waals surface area (Å²) in [4.78, 5) is 23.3. The Hall–Kier alpha value is -0.500. The second-order valence-electron chi connectivity index (χ2n) is 20.3. The molecule has 1 unspecified atom stereocenters. The molecule has 3 N–H and O–H groups in total. The van der Waals surface area contributed by atoms with Crippen LogP contribution in [0.1, 0.15) is 284 Å². The molecule has 1 amide bonds. The maximum absolute atomic E-state index is 13.0. The van der Waals surface area contributed by atoms with Gasteiger partial charge in [-0.3, -0.25) is 13.8 Å². The number of phosphoric ester groups is 1.